The Morgan fingerprint density at radius 1 is 0.909 bits per heavy atom. The molecule has 194 valence electrons. The van der Waals surface area contributed by atoms with Crippen molar-refractivity contribution in [3.8, 4) is 0 Å². The van der Waals surface area contributed by atoms with Crippen molar-refractivity contribution in [3.05, 3.63) is 11.6 Å². The number of aliphatic hydroxyl groups excluding tert-OH is 1. The average Bonchev–Trinajstić information content (AvgIpc) is 2.73. The van der Waals surface area contributed by atoms with Crippen LogP contribution in [0.25, 0.3) is 0 Å². The summed E-state index contributed by atoms with van der Waals surface area (Å²) in [7, 11) is 0. The van der Waals surface area contributed by atoms with Crippen molar-refractivity contribution in [1.82, 2.24) is 0 Å². The summed E-state index contributed by atoms with van der Waals surface area (Å²) in [5, 5.41) is 29.9. The number of carboxylic acid groups (broad SMARTS) is 1. The van der Waals surface area contributed by atoms with Gasteiger partial charge >= 0.3 is 5.97 Å². The summed E-state index contributed by atoms with van der Waals surface area (Å²) in [6.07, 6.45) is 13.0. The second-order valence-electron chi connectivity index (χ2n) is 11.9. The lowest BCUT2D eigenvalue weighted by Crippen LogP contribution is -2.32. The molecule has 0 aromatic rings. The first-order valence-corrected chi connectivity index (χ1v) is 13.7. The molecule has 1 rings (SSSR count). The number of aliphatic carboxylic acids is 1. The molecule has 0 aliphatic heterocycles. The number of carboxylic acids is 1. The van der Waals surface area contributed by atoms with Crippen molar-refractivity contribution in [3.63, 3.8) is 0 Å². The zero-order valence-corrected chi connectivity index (χ0v) is 22.6. The molecule has 0 saturated heterocycles. The van der Waals surface area contributed by atoms with Gasteiger partial charge in [-0.25, -0.2) is 0 Å². The molecule has 0 saturated carbocycles. The molecular formula is C29H54O4. The fraction of sp³-hybridized carbons (Fsp3) is 0.897. The van der Waals surface area contributed by atoms with Gasteiger partial charge in [-0.1, -0.05) is 85.3 Å². The van der Waals surface area contributed by atoms with E-state index in [9.17, 15) is 15.0 Å². The van der Waals surface area contributed by atoms with Crippen molar-refractivity contribution >= 4 is 5.97 Å². The van der Waals surface area contributed by atoms with Crippen LogP contribution >= 0.6 is 0 Å². The largest absolute Gasteiger partial charge is 0.481 e. The highest BCUT2D eigenvalue weighted by atomic mass is 16.4. The van der Waals surface area contributed by atoms with Gasteiger partial charge in [-0.05, 0) is 75.0 Å². The highest BCUT2D eigenvalue weighted by Gasteiger charge is 2.31. The van der Waals surface area contributed by atoms with Crippen molar-refractivity contribution in [2.75, 3.05) is 0 Å². The summed E-state index contributed by atoms with van der Waals surface area (Å²) in [5.74, 6) is 1.79. The molecule has 3 N–H and O–H groups in total. The fourth-order valence-corrected chi connectivity index (χ4v) is 5.32. The summed E-state index contributed by atoms with van der Waals surface area (Å²) in [6.45, 7) is 15.1. The van der Waals surface area contributed by atoms with E-state index in [-0.39, 0.29) is 12.0 Å². The third kappa shape index (κ3) is 11.4. The quantitative estimate of drug-likeness (QED) is 0.210. The average molecular weight is 467 g/mol. The smallest absolute Gasteiger partial charge is 0.306 e. The van der Waals surface area contributed by atoms with Crippen molar-refractivity contribution in [2.45, 2.75) is 131 Å². The molecule has 0 heterocycles. The van der Waals surface area contributed by atoms with E-state index in [1.54, 1.807) is 6.92 Å². The molecule has 1 aliphatic rings. The van der Waals surface area contributed by atoms with Crippen LogP contribution in [0, 0.1) is 35.5 Å². The summed E-state index contributed by atoms with van der Waals surface area (Å²) in [5.41, 5.74) is 0.776. The van der Waals surface area contributed by atoms with Crippen LogP contribution in [0.3, 0.4) is 0 Å². The molecule has 33 heavy (non-hydrogen) atoms. The van der Waals surface area contributed by atoms with Gasteiger partial charge in [-0.2, -0.15) is 0 Å². The van der Waals surface area contributed by atoms with Crippen LogP contribution in [-0.4, -0.2) is 33.0 Å². The number of allylic oxidation sites excluding steroid dienone is 1. The summed E-state index contributed by atoms with van der Waals surface area (Å²) in [6, 6.07) is 0. The number of hydrogen-bond donors (Lipinski definition) is 3. The molecule has 6 unspecified atom stereocenters. The van der Waals surface area contributed by atoms with Crippen LogP contribution in [0.4, 0.5) is 0 Å². The normalized spacial score (nSPS) is 28.0. The van der Waals surface area contributed by atoms with Crippen molar-refractivity contribution < 1.29 is 20.1 Å². The second-order valence-corrected chi connectivity index (χ2v) is 11.9. The molecule has 8 atom stereocenters. The third-order valence-corrected chi connectivity index (χ3v) is 8.63. The fourth-order valence-electron chi connectivity index (χ4n) is 5.32. The number of aliphatic hydroxyl groups is 2. The maximum atomic E-state index is 10.9. The van der Waals surface area contributed by atoms with Crippen molar-refractivity contribution in [2.24, 2.45) is 35.5 Å². The van der Waals surface area contributed by atoms with Crippen LogP contribution in [0.2, 0.25) is 0 Å². The highest BCUT2D eigenvalue weighted by molar-refractivity contribution is 5.69. The van der Waals surface area contributed by atoms with E-state index in [4.69, 9.17) is 5.11 Å². The predicted octanol–water partition coefficient (Wildman–Crippen LogP) is 7.23. The first kappa shape index (κ1) is 30.2. The summed E-state index contributed by atoms with van der Waals surface area (Å²) in [4.78, 5) is 10.9. The lowest BCUT2D eigenvalue weighted by molar-refractivity contribution is -0.141. The SMILES string of the molecule is CC(CCCC(C)CCC1=CC(O)C(C)C(C)C1C)CCC[C@@](C)(O)CCC[C@@H](C)C(=O)O. The van der Waals surface area contributed by atoms with Gasteiger partial charge in [0, 0.05) is 0 Å². The van der Waals surface area contributed by atoms with Crippen LogP contribution in [0.5, 0.6) is 0 Å². The van der Waals surface area contributed by atoms with E-state index in [0.717, 1.165) is 32.1 Å². The lowest BCUT2D eigenvalue weighted by Gasteiger charge is -2.36. The number of hydrogen-bond acceptors (Lipinski definition) is 3. The van der Waals surface area contributed by atoms with Gasteiger partial charge in [-0.3, -0.25) is 4.79 Å². The van der Waals surface area contributed by atoms with E-state index in [1.165, 1.54) is 31.3 Å². The molecule has 1 aliphatic carbocycles. The van der Waals surface area contributed by atoms with Gasteiger partial charge in [0.25, 0.3) is 0 Å². The molecule has 0 spiro atoms. The monoisotopic (exact) mass is 466 g/mol. The Hall–Kier alpha value is -0.870. The topological polar surface area (TPSA) is 77.8 Å². The standard InChI is InChI=1S/C29H54O4/c1-20(13-9-17-29(7,33)18-10-14-22(3)28(31)32)11-8-12-21(2)15-16-26-19-27(30)25(6)23(4)24(26)5/h19-25,27,30,33H,8-18H2,1-7H3,(H,31,32)/t20?,21?,22-,23?,24?,25?,27?,29-/m1/s1. The molecular weight excluding hydrogens is 412 g/mol. The van der Waals surface area contributed by atoms with E-state index in [1.807, 2.05) is 6.92 Å². The maximum absolute atomic E-state index is 10.9. The third-order valence-electron chi connectivity index (χ3n) is 8.63. The molecule has 0 fully saturated rings. The van der Waals surface area contributed by atoms with Gasteiger partial charge in [0.2, 0.25) is 0 Å². The van der Waals surface area contributed by atoms with E-state index >= 15 is 0 Å². The van der Waals surface area contributed by atoms with Crippen LogP contribution in [0.15, 0.2) is 11.6 Å². The molecule has 4 heteroatoms. The maximum Gasteiger partial charge on any atom is 0.306 e. The van der Waals surface area contributed by atoms with Crippen LogP contribution in [0.1, 0.15) is 119 Å². The summed E-state index contributed by atoms with van der Waals surface area (Å²) >= 11 is 0. The first-order chi connectivity index (χ1) is 15.3. The van der Waals surface area contributed by atoms with E-state index < -0.39 is 11.6 Å². The van der Waals surface area contributed by atoms with Crippen LogP contribution < -0.4 is 0 Å². The molecule has 0 aromatic heterocycles. The Morgan fingerprint density at radius 3 is 2.00 bits per heavy atom. The minimum atomic E-state index is -0.749. The highest BCUT2D eigenvalue weighted by Crippen LogP contribution is 2.37. The predicted molar refractivity (Wildman–Crippen MR) is 138 cm³/mol. The Morgan fingerprint density at radius 2 is 1.42 bits per heavy atom. The second kappa shape index (κ2) is 14.5. The lowest BCUT2D eigenvalue weighted by atomic mass is 9.71. The molecule has 0 amide bonds. The first-order valence-electron chi connectivity index (χ1n) is 13.7. The number of rotatable bonds is 16. The molecule has 0 bridgehead atoms. The van der Waals surface area contributed by atoms with Gasteiger partial charge in [0.05, 0.1) is 17.6 Å². The van der Waals surface area contributed by atoms with Crippen LogP contribution in [-0.2, 0) is 4.79 Å². The minimum absolute atomic E-state index is 0.281. The Balaban J connectivity index is 2.19. The Bertz CT molecular complexity index is 596. The Labute approximate surface area is 204 Å². The minimum Gasteiger partial charge on any atom is -0.481 e. The van der Waals surface area contributed by atoms with Gasteiger partial charge < -0.3 is 15.3 Å². The van der Waals surface area contributed by atoms with E-state index in [0.29, 0.717) is 42.4 Å². The molecule has 4 nitrogen and oxygen atoms in total. The zero-order chi connectivity index (χ0) is 25.2. The molecule has 0 radical (unpaired) electrons. The van der Waals surface area contributed by atoms with E-state index in [2.05, 4.69) is 40.7 Å². The number of carbonyl (C=O) groups is 1. The van der Waals surface area contributed by atoms with Gasteiger partial charge in [-0.15, -0.1) is 0 Å². The van der Waals surface area contributed by atoms with Gasteiger partial charge in [0.15, 0.2) is 0 Å². The van der Waals surface area contributed by atoms with Crippen molar-refractivity contribution in [1.29, 1.82) is 0 Å². The summed E-state index contributed by atoms with van der Waals surface area (Å²) < 4.78 is 0. The zero-order valence-electron chi connectivity index (χ0n) is 22.6. The Kier molecular flexibility index (Phi) is 13.3. The van der Waals surface area contributed by atoms with Gasteiger partial charge in [0.1, 0.15) is 0 Å². The molecule has 0 aromatic carbocycles.